The number of halogens is 1. The first-order valence-electron chi connectivity index (χ1n) is 10.4. The highest BCUT2D eigenvalue weighted by atomic mass is 27.1. The Hall–Kier alpha value is -2.49. The van der Waals surface area contributed by atoms with E-state index in [4.69, 9.17) is 10.5 Å². The molecule has 5 atom stereocenters. The summed E-state index contributed by atoms with van der Waals surface area (Å²) >= 11 is 2.08. The number of likely N-dealkylation sites (N-methyl/N-ethyl adjacent to an activating group) is 1. The van der Waals surface area contributed by atoms with E-state index in [2.05, 4.69) is 20.8 Å². The summed E-state index contributed by atoms with van der Waals surface area (Å²) in [5, 5.41) is 33.0. The van der Waals surface area contributed by atoms with Crippen LogP contribution in [0.15, 0.2) is 17.4 Å². The van der Waals surface area contributed by atoms with Crippen LogP contribution in [0.4, 0.5) is 10.1 Å². The molecule has 12 heteroatoms. The lowest BCUT2D eigenvalue weighted by atomic mass is 9.66. The second-order valence-corrected chi connectivity index (χ2v) is 8.93. The molecule has 0 fully saturated rings. The van der Waals surface area contributed by atoms with Gasteiger partial charge in [-0.3, -0.25) is 19.3 Å². The summed E-state index contributed by atoms with van der Waals surface area (Å²) in [5.41, 5.74) is 1.94. The third-order valence-corrected chi connectivity index (χ3v) is 6.95. The van der Waals surface area contributed by atoms with Crippen LogP contribution in [0.2, 0.25) is 0 Å². The number of primary amides is 1. The number of ether oxygens (including phenoxy) is 1. The molecule has 1 amide bonds. The molecule has 34 heavy (non-hydrogen) atoms. The number of hydrogen-bond donors (Lipinski definition) is 5. The number of benzene rings is 1. The number of nitrogens with two attached hydrogens (primary N) is 1. The average molecular weight is 493 g/mol. The van der Waals surface area contributed by atoms with Crippen molar-refractivity contribution in [1.29, 1.82) is 0 Å². The van der Waals surface area contributed by atoms with Crippen molar-refractivity contribution in [2.75, 3.05) is 25.5 Å². The highest BCUT2D eigenvalue weighted by Crippen LogP contribution is 2.45. The first-order valence-corrected chi connectivity index (χ1v) is 11.0. The predicted molar refractivity (Wildman–Crippen MR) is 122 cm³/mol. The minimum absolute atomic E-state index is 0.0670. The van der Waals surface area contributed by atoms with E-state index in [-0.39, 0.29) is 16.8 Å². The van der Waals surface area contributed by atoms with E-state index in [9.17, 15) is 34.1 Å². The van der Waals surface area contributed by atoms with E-state index in [0.717, 1.165) is 13.2 Å². The summed E-state index contributed by atoms with van der Waals surface area (Å²) in [5.74, 6) is -7.35. The zero-order valence-electron chi connectivity index (χ0n) is 19.8. The largest absolute Gasteiger partial charge is 0.508 e. The summed E-state index contributed by atoms with van der Waals surface area (Å²) in [6.07, 6.45) is -1.83. The number of aromatic hydroxyl groups is 1. The topological polar surface area (TPSA) is 162 Å². The molecule has 5 unspecified atom stereocenters. The average Bonchev–Trinajstić information content (AvgIpc) is 2.75. The van der Waals surface area contributed by atoms with E-state index < -0.39 is 70.0 Å². The number of carbonyl (C=O) groups is 3. The van der Waals surface area contributed by atoms with E-state index in [1.807, 2.05) is 0 Å². The van der Waals surface area contributed by atoms with Crippen LogP contribution in [-0.2, 0) is 14.3 Å². The number of nitrogens with one attached hydrogen (secondary N) is 1. The molecule has 0 aliphatic heterocycles. The van der Waals surface area contributed by atoms with E-state index >= 15 is 0 Å². The molecule has 2 rings (SSSR count). The summed E-state index contributed by atoms with van der Waals surface area (Å²) in [6.45, 7) is 4.12. The van der Waals surface area contributed by atoms with Crippen molar-refractivity contribution in [3.63, 3.8) is 0 Å². The van der Waals surface area contributed by atoms with Gasteiger partial charge in [0.1, 0.15) is 29.0 Å². The number of ketones is 2. The van der Waals surface area contributed by atoms with E-state index in [1.165, 1.54) is 25.7 Å². The number of amides is 1. The van der Waals surface area contributed by atoms with Crippen LogP contribution in [0.1, 0.15) is 29.8 Å². The molecule has 184 valence electrons. The third-order valence-electron chi connectivity index (χ3n) is 6.64. The number of rotatable bonds is 8. The number of methoxy groups -OCH3 is 1. The lowest BCUT2D eigenvalue weighted by molar-refractivity contribution is -0.165. The Morgan fingerprint density at radius 3 is 2.35 bits per heavy atom. The molecule has 1 aliphatic rings. The van der Waals surface area contributed by atoms with E-state index in [0.29, 0.717) is 0 Å². The van der Waals surface area contributed by atoms with Gasteiger partial charge in [-0.05, 0) is 32.6 Å². The number of aliphatic hydroxyl groups is 2. The fourth-order valence-corrected chi connectivity index (χ4v) is 4.98. The minimum atomic E-state index is -2.10. The molecule has 0 heterocycles. The quantitative estimate of drug-likeness (QED) is 0.149. The Morgan fingerprint density at radius 2 is 1.91 bits per heavy atom. The van der Waals surface area contributed by atoms with Gasteiger partial charge in [0, 0.05) is 18.9 Å². The summed E-state index contributed by atoms with van der Waals surface area (Å²) in [4.78, 5) is 39.9. The highest BCUT2D eigenvalue weighted by molar-refractivity contribution is 6.22. The number of phenolic OH excluding ortho intramolecular Hbond substituents is 1. The monoisotopic (exact) mass is 493 g/mol. The van der Waals surface area contributed by atoms with E-state index in [1.54, 1.807) is 14.1 Å². The number of aliphatic hydroxyl groups excluding tert-OH is 2. The van der Waals surface area contributed by atoms with Crippen LogP contribution >= 0.6 is 0 Å². The lowest BCUT2D eigenvalue weighted by Gasteiger charge is -2.49. The maximum Gasteiger partial charge on any atom is 0.305 e. The smallest absolute Gasteiger partial charge is 0.305 e. The predicted octanol–water partition coefficient (Wildman–Crippen LogP) is 0.346. The Balaban J connectivity index is 2.73. The van der Waals surface area contributed by atoms with Crippen LogP contribution in [0.25, 0.3) is 0 Å². The first kappa shape index (κ1) is 27.8. The van der Waals surface area contributed by atoms with Gasteiger partial charge in [0.2, 0.25) is 0 Å². The fraction of sp³-hybridized carbons (Fsp3) is 0.500. The molecule has 0 spiro atoms. The molecule has 1 aromatic carbocycles. The van der Waals surface area contributed by atoms with Gasteiger partial charge in [-0.15, -0.1) is 0 Å². The Kier molecular flexibility index (Phi) is 8.18. The van der Waals surface area contributed by atoms with Crippen molar-refractivity contribution in [1.82, 2.24) is 4.90 Å². The van der Waals surface area contributed by atoms with Crippen molar-refractivity contribution in [2.45, 2.75) is 38.5 Å². The van der Waals surface area contributed by atoms with Gasteiger partial charge in [0.25, 0.3) is 5.91 Å². The van der Waals surface area contributed by atoms with Crippen LogP contribution in [0, 0.1) is 24.6 Å². The van der Waals surface area contributed by atoms with Gasteiger partial charge in [-0.1, -0.05) is 13.8 Å². The molecule has 0 bridgehead atoms. The molecule has 2 radical (unpaired) electrons. The second-order valence-electron chi connectivity index (χ2n) is 8.64. The third kappa shape index (κ3) is 4.10. The maximum absolute atomic E-state index is 14.4. The molecule has 0 saturated heterocycles. The molecule has 1 aromatic rings. The van der Waals surface area contributed by atoms with Gasteiger partial charge in [0.05, 0.1) is 17.3 Å². The molecule has 0 aromatic heterocycles. The highest BCUT2D eigenvalue weighted by Gasteiger charge is 2.60. The molecule has 10 nitrogen and oxygen atoms in total. The van der Waals surface area contributed by atoms with Crippen molar-refractivity contribution >= 4 is 39.7 Å². The van der Waals surface area contributed by atoms with Crippen LogP contribution in [-0.4, -0.2) is 93.2 Å². The van der Waals surface area contributed by atoms with Gasteiger partial charge >= 0.3 is 16.5 Å². The van der Waals surface area contributed by atoms with Gasteiger partial charge in [0.15, 0.2) is 17.2 Å². The summed E-state index contributed by atoms with van der Waals surface area (Å²) in [6, 6.07) is -0.0244. The van der Waals surface area contributed by atoms with Crippen LogP contribution < -0.4 is 10.0 Å². The van der Waals surface area contributed by atoms with Crippen molar-refractivity contribution in [2.24, 2.45) is 17.6 Å². The minimum Gasteiger partial charge on any atom is -0.508 e. The fourth-order valence-electron chi connectivity index (χ4n) is 4.76. The van der Waals surface area contributed by atoms with Crippen molar-refractivity contribution in [3.05, 3.63) is 34.3 Å². The number of hydrogen-bond acceptors (Lipinski definition) is 9. The van der Waals surface area contributed by atoms with Crippen molar-refractivity contribution in [3.8, 4) is 5.75 Å². The number of nitrogens with zero attached hydrogens (tertiary/aromatic N) is 1. The van der Waals surface area contributed by atoms with Gasteiger partial charge in [-0.2, -0.15) is 0 Å². The second kappa shape index (κ2) is 10.0. The Bertz CT molecular complexity index is 1060. The number of carbonyl (C=O) groups excluding carboxylic acids is 3. The van der Waals surface area contributed by atoms with Crippen LogP contribution in [0.3, 0.4) is 0 Å². The number of Topliss-reactive ketones (excluding diaryl/α,β-unsaturated/α-hetero) is 2. The van der Waals surface area contributed by atoms with Crippen LogP contribution in [0.5, 0.6) is 5.75 Å². The summed E-state index contributed by atoms with van der Waals surface area (Å²) < 4.78 is 22.5. The molecular weight excluding hydrogens is 464 g/mol. The van der Waals surface area contributed by atoms with Crippen molar-refractivity contribution < 1.29 is 38.8 Å². The first-order chi connectivity index (χ1) is 15.7. The lowest BCUT2D eigenvalue weighted by Crippen LogP contribution is -2.65. The zero-order valence-corrected chi connectivity index (χ0v) is 21.0. The zero-order chi connectivity index (χ0) is 26.3. The maximum atomic E-state index is 14.4. The Morgan fingerprint density at radius 1 is 1.35 bits per heavy atom. The molecule has 0 saturated carbocycles. The van der Waals surface area contributed by atoms with Gasteiger partial charge in [-0.25, -0.2) is 4.39 Å². The SMILES string of the molecule is COC1(C(O)C(C)C(=O)c2c(C)c(F)cc([NH][Al])c2O)C(O)=C(C(N)=O)C(=O)C(N(C)C)C1C. The van der Waals surface area contributed by atoms with Gasteiger partial charge < -0.3 is 30.1 Å². The normalized spacial score (nSPS) is 24.8. The standard InChI is InChI=1S/C22H29FN3O7.Al/c1-8-11(23)7-12(24)17(28)13(8)16(27)9(2)19(30)22(33-6)10(3)15(26(4)5)18(29)14(20(22)31)21(25)32;/h7,9-10,15,19,24,30H,1-6H3,(H,27,28)(H3,25,29,31,32);/q-1;+1. The molecule has 6 N–H and O–H groups in total. The number of anilines is 1. The molecule has 1 aliphatic carbocycles. The number of phenols is 1. The molecular formula is C22H29AlFN3O7. The summed E-state index contributed by atoms with van der Waals surface area (Å²) in [7, 11) is 4.27. The Labute approximate surface area is 205 Å².